The molecule has 2 aliphatic heterocycles. The number of aliphatic hydroxyl groups excluding tert-OH is 1. The van der Waals surface area contributed by atoms with Gasteiger partial charge < -0.3 is 38.3 Å². The number of carbonyl (C=O) groups is 5. The number of esters is 1. The molecule has 0 saturated carbocycles. The van der Waals surface area contributed by atoms with Crippen LogP contribution in [0.5, 0.6) is 0 Å². The molecule has 0 bridgehead atoms. The van der Waals surface area contributed by atoms with E-state index < -0.39 is 78.3 Å². The number of allylic oxidation sites excluding steroid dienone is 1. The smallest absolute Gasteiger partial charge is 0.416 e. The molecule has 2 fully saturated rings. The molecule has 14 nitrogen and oxygen atoms in total. The van der Waals surface area contributed by atoms with Crippen LogP contribution in [-0.2, 0) is 72.0 Å². The highest BCUT2D eigenvalue weighted by Gasteiger charge is 2.49. The standard InChI is InChI=1S/C46H55NO13/c1-30(2)37-29-58-46(53)47(37)44(52)36(25-32-15-8-5-9-16-32)40(59-31(3)49)38(51)23-22-35(50)21-14-24-55-43-42(57-28-34-19-12-7-13-20-34)41(39(26-48)60-45(43)54-4)56-27-33-17-10-6-11-18-33/h5-13,15-20,22-23,30,36-37,39-43,45,48H,14,21,24-29H2,1-4H3/t36-,37-,39-,40+,41-,42+,43+,45+/m1/s1. The number of ether oxygens (including phenoxy) is 7. The van der Waals surface area contributed by atoms with Crippen molar-refractivity contribution in [1.29, 1.82) is 0 Å². The Bertz CT molecular complexity index is 1870. The number of nitrogens with zero attached hydrogens (tertiary/aromatic N) is 1. The molecule has 0 spiro atoms. The molecule has 2 amide bonds. The molecule has 2 aliphatic rings. The summed E-state index contributed by atoms with van der Waals surface area (Å²) < 4.78 is 41.5. The van der Waals surface area contributed by atoms with E-state index in [4.69, 9.17) is 33.2 Å². The fraction of sp³-hybridized carbons (Fsp3) is 0.457. The zero-order valence-electron chi connectivity index (χ0n) is 34.5. The van der Waals surface area contributed by atoms with Gasteiger partial charge in [-0.25, -0.2) is 9.69 Å². The topological polar surface area (TPSA) is 173 Å². The monoisotopic (exact) mass is 829 g/mol. The molecule has 1 N–H and O–H groups in total. The quantitative estimate of drug-likeness (QED) is 0.0799. The van der Waals surface area contributed by atoms with Crippen molar-refractivity contribution in [3.8, 4) is 0 Å². The number of imide groups is 1. The highest BCUT2D eigenvalue weighted by molar-refractivity contribution is 6.04. The van der Waals surface area contributed by atoms with Crippen LogP contribution in [0.2, 0.25) is 0 Å². The molecule has 8 atom stereocenters. The Balaban J connectivity index is 1.27. The average molecular weight is 830 g/mol. The summed E-state index contributed by atoms with van der Waals surface area (Å²) >= 11 is 0. The minimum absolute atomic E-state index is 0.00233. The van der Waals surface area contributed by atoms with Crippen LogP contribution in [0.15, 0.2) is 103 Å². The Morgan fingerprint density at radius 1 is 0.817 bits per heavy atom. The van der Waals surface area contributed by atoms with E-state index in [1.165, 1.54) is 7.11 Å². The van der Waals surface area contributed by atoms with Gasteiger partial charge in [-0.3, -0.25) is 19.2 Å². The third kappa shape index (κ3) is 12.7. The first-order valence-electron chi connectivity index (χ1n) is 20.2. The first kappa shape index (κ1) is 46.0. The van der Waals surface area contributed by atoms with E-state index in [9.17, 15) is 29.1 Å². The van der Waals surface area contributed by atoms with Crippen LogP contribution in [-0.4, -0.2) is 109 Å². The molecule has 0 unspecified atom stereocenters. The van der Waals surface area contributed by atoms with Crippen molar-refractivity contribution in [2.24, 2.45) is 11.8 Å². The summed E-state index contributed by atoms with van der Waals surface area (Å²) in [4.78, 5) is 67.2. The molecule has 0 aromatic heterocycles. The lowest BCUT2D eigenvalue weighted by Gasteiger charge is -2.45. The molecule has 0 aliphatic carbocycles. The zero-order chi connectivity index (χ0) is 43.0. The molecule has 2 heterocycles. The van der Waals surface area contributed by atoms with Crippen molar-refractivity contribution in [3.63, 3.8) is 0 Å². The first-order chi connectivity index (χ1) is 29.0. The normalized spacial score (nSPS) is 22.7. The summed E-state index contributed by atoms with van der Waals surface area (Å²) in [6.07, 6.45) is -4.27. The van der Waals surface area contributed by atoms with Gasteiger partial charge in [0, 0.05) is 27.1 Å². The van der Waals surface area contributed by atoms with Crippen molar-refractivity contribution in [2.75, 3.05) is 26.9 Å². The van der Waals surface area contributed by atoms with Gasteiger partial charge in [-0.05, 0) is 47.6 Å². The van der Waals surface area contributed by atoms with E-state index >= 15 is 0 Å². The summed E-state index contributed by atoms with van der Waals surface area (Å²) in [5, 5.41) is 10.3. The Hall–Kier alpha value is -5.09. The molecule has 14 heteroatoms. The molecule has 322 valence electrons. The fourth-order valence-electron chi connectivity index (χ4n) is 7.20. The summed E-state index contributed by atoms with van der Waals surface area (Å²) in [7, 11) is 1.46. The number of hydrogen-bond acceptors (Lipinski definition) is 13. The Morgan fingerprint density at radius 2 is 1.40 bits per heavy atom. The van der Waals surface area contributed by atoms with Crippen molar-refractivity contribution in [2.45, 2.75) is 96.1 Å². The summed E-state index contributed by atoms with van der Waals surface area (Å²) in [5.41, 5.74) is 2.50. The van der Waals surface area contributed by atoms with Crippen LogP contribution in [0.1, 0.15) is 50.3 Å². The number of carbonyl (C=O) groups excluding carboxylic acids is 5. The second-order valence-electron chi connectivity index (χ2n) is 15.0. The maximum atomic E-state index is 14.1. The number of aliphatic hydroxyl groups is 1. The fourth-order valence-corrected chi connectivity index (χ4v) is 7.20. The molecular weight excluding hydrogens is 774 g/mol. The molecule has 2 saturated heterocycles. The molecular formula is C46H55NO13. The molecule has 5 rings (SSSR count). The predicted molar refractivity (Wildman–Crippen MR) is 217 cm³/mol. The van der Waals surface area contributed by atoms with Crippen molar-refractivity contribution in [3.05, 3.63) is 120 Å². The van der Waals surface area contributed by atoms with Crippen LogP contribution in [0.3, 0.4) is 0 Å². The van der Waals surface area contributed by atoms with Gasteiger partial charge in [0.2, 0.25) is 5.91 Å². The van der Waals surface area contributed by atoms with Crippen molar-refractivity contribution >= 4 is 29.5 Å². The molecule has 3 aromatic carbocycles. The number of ketones is 2. The van der Waals surface area contributed by atoms with E-state index in [0.717, 1.165) is 35.1 Å². The summed E-state index contributed by atoms with van der Waals surface area (Å²) in [5.74, 6) is -4.19. The van der Waals surface area contributed by atoms with E-state index in [1.54, 1.807) is 30.3 Å². The van der Waals surface area contributed by atoms with Crippen LogP contribution in [0, 0.1) is 11.8 Å². The number of hydrogen-bond donors (Lipinski definition) is 1. The van der Waals surface area contributed by atoms with Gasteiger partial charge in [0.15, 0.2) is 24.0 Å². The number of methoxy groups -OCH3 is 1. The van der Waals surface area contributed by atoms with Gasteiger partial charge in [-0.15, -0.1) is 0 Å². The average Bonchev–Trinajstić information content (AvgIpc) is 3.66. The largest absolute Gasteiger partial charge is 0.453 e. The van der Waals surface area contributed by atoms with Crippen molar-refractivity contribution in [1.82, 2.24) is 4.90 Å². The lowest BCUT2D eigenvalue weighted by atomic mass is 9.89. The van der Waals surface area contributed by atoms with Crippen LogP contribution in [0.4, 0.5) is 4.79 Å². The number of rotatable bonds is 22. The SMILES string of the molecule is CO[C@H]1O[C@H](CO)[C@@H](OCc2ccccc2)[C@H](OCc2ccccc2)[C@@H]1OCCCC(=O)C=CC(=O)[C@@H](OC(C)=O)[C@@H](Cc1ccccc1)C(=O)N1C(=O)OC[C@@H]1C(C)C. The molecule has 60 heavy (non-hydrogen) atoms. The zero-order valence-corrected chi connectivity index (χ0v) is 34.5. The van der Waals surface area contributed by atoms with Gasteiger partial charge in [0.1, 0.15) is 31.0 Å². The Kier molecular flexibility index (Phi) is 17.7. The highest BCUT2D eigenvalue weighted by atomic mass is 16.7. The molecule has 3 aromatic rings. The minimum atomic E-state index is -1.63. The minimum Gasteiger partial charge on any atom is -0.453 e. The van der Waals surface area contributed by atoms with E-state index in [1.807, 2.05) is 74.5 Å². The van der Waals surface area contributed by atoms with Gasteiger partial charge >= 0.3 is 12.1 Å². The lowest BCUT2D eigenvalue weighted by molar-refractivity contribution is -0.319. The van der Waals surface area contributed by atoms with E-state index in [2.05, 4.69) is 0 Å². The third-order valence-electron chi connectivity index (χ3n) is 10.4. The van der Waals surface area contributed by atoms with Crippen LogP contribution in [0.25, 0.3) is 0 Å². The highest BCUT2D eigenvalue weighted by Crippen LogP contribution is 2.31. The number of cyclic esters (lactones) is 1. The Morgan fingerprint density at radius 3 is 1.95 bits per heavy atom. The summed E-state index contributed by atoms with van der Waals surface area (Å²) in [6.45, 7) is 4.94. The third-order valence-corrected chi connectivity index (χ3v) is 10.4. The van der Waals surface area contributed by atoms with E-state index in [0.29, 0.717) is 5.56 Å². The maximum absolute atomic E-state index is 14.1. The van der Waals surface area contributed by atoms with Crippen molar-refractivity contribution < 1.29 is 62.2 Å². The van der Waals surface area contributed by atoms with Gasteiger partial charge in [0.05, 0.1) is 31.8 Å². The first-order valence-corrected chi connectivity index (χ1v) is 20.2. The van der Waals surface area contributed by atoms with Gasteiger partial charge in [-0.2, -0.15) is 0 Å². The second-order valence-corrected chi connectivity index (χ2v) is 15.0. The van der Waals surface area contributed by atoms with Crippen LogP contribution < -0.4 is 0 Å². The van der Waals surface area contributed by atoms with Crippen LogP contribution >= 0.6 is 0 Å². The van der Waals surface area contributed by atoms with Gasteiger partial charge in [-0.1, -0.05) is 105 Å². The molecule has 0 radical (unpaired) electrons. The summed E-state index contributed by atoms with van der Waals surface area (Å²) in [6, 6.07) is 27.4. The second kappa shape index (κ2) is 23.1. The Labute approximate surface area is 350 Å². The maximum Gasteiger partial charge on any atom is 0.416 e. The van der Waals surface area contributed by atoms with Gasteiger partial charge in [0.25, 0.3) is 0 Å². The lowest BCUT2D eigenvalue weighted by Crippen LogP contribution is -2.61. The predicted octanol–water partition coefficient (Wildman–Crippen LogP) is 5.17. The number of amides is 2. The van der Waals surface area contributed by atoms with E-state index in [-0.39, 0.29) is 58.2 Å². The number of benzene rings is 3.